The van der Waals surface area contributed by atoms with Gasteiger partial charge in [0.25, 0.3) is 5.91 Å². The van der Waals surface area contributed by atoms with Crippen molar-refractivity contribution in [2.75, 3.05) is 6.54 Å². The number of nitrogens with one attached hydrogen (secondary N) is 1. The fraction of sp³-hybridized carbons (Fsp3) is 0.550. The zero-order valence-electron chi connectivity index (χ0n) is 16.8. The van der Waals surface area contributed by atoms with E-state index < -0.39 is 11.6 Å². The summed E-state index contributed by atoms with van der Waals surface area (Å²) in [5.41, 5.74) is 3.03. The lowest BCUT2D eigenvalue weighted by Crippen LogP contribution is -2.44. The molecule has 2 saturated heterocycles. The molecule has 0 spiro atoms. The molecule has 2 unspecified atom stereocenters. The second-order valence-corrected chi connectivity index (χ2v) is 8.73. The third-order valence-corrected chi connectivity index (χ3v) is 6.31. The number of hydrogen-bond donors (Lipinski definition) is 1. The van der Waals surface area contributed by atoms with Crippen molar-refractivity contribution in [1.29, 1.82) is 0 Å². The second-order valence-electron chi connectivity index (χ2n) is 8.73. The molecule has 0 radical (unpaired) electrons. The van der Waals surface area contributed by atoms with Gasteiger partial charge >= 0.3 is 6.03 Å². The zero-order valence-corrected chi connectivity index (χ0v) is 16.8. The summed E-state index contributed by atoms with van der Waals surface area (Å²) < 4.78 is 1.91. The average molecular weight is 396 g/mol. The average Bonchev–Trinajstić information content (AvgIpc) is 3.25. The van der Waals surface area contributed by atoms with Crippen LogP contribution in [-0.2, 0) is 16.0 Å². The van der Waals surface area contributed by atoms with Crippen molar-refractivity contribution in [2.45, 2.75) is 64.1 Å². The van der Waals surface area contributed by atoms with Gasteiger partial charge in [0.1, 0.15) is 5.54 Å². The first-order chi connectivity index (χ1) is 13.8. The zero-order chi connectivity index (χ0) is 20.5. The van der Waals surface area contributed by atoms with Crippen molar-refractivity contribution in [3.63, 3.8) is 0 Å². The van der Waals surface area contributed by atoms with Crippen LogP contribution in [0.4, 0.5) is 4.79 Å². The molecule has 3 aliphatic heterocycles. The summed E-state index contributed by atoms with van der Waals surface area (Å²) in [5.74, 6) is -0.312. The number of fused-ring (bicyclic) bond motifs is 6. The Kier molecular flexibility index (Phi) is 3.75. The molecule has 3 aliphatic rings. The van der Waals surface area contributed by atoms with Crippen LogP contribution in [0, 0.1) is 6.92 Å². The predicted octanol–water partition coefficient (Wildman–Crippen LogP) is 1.35. The van der Waals surface area contributed by atoms with Crippen molar-refractivity contribution in [3.05, 3.63) is 29.2 Å². The molecule has 2 bridgehead atoms. The summed E-state index contributed by atoms with van der Waals surface area (Å²) in [6.45, 7) is 5.39. The molecule has 29 heavy (non-hydrogen) atoms. The van der Waals surface area contributed by atoms with E-state index in [4.69, 9.17) is 0 Å². The molecule has 9 heteroatoms. The molecule has 9 nitrogen and oxygen atoms in total. The van der Waals surface area contributed by atoms with E-state index >= 15 is 0 Å². The van der Waals surface area contributed by atoms with Gasteiger partial charge in [-0.25, -0.2) is 14.3 Å². The number of carbonyl (C=O) groups is 3. The van der Waals surface area contributed by atoms with E-state index in [0.29, 0.717) is 0 Å². The van der Waals surface area contributed by atoms with Crippen molar-refractivity contribution < 1.29 is 14.4 Å². The molecule has 152 valence electrons. The minimum atomic E-state index is -0.915. The maximum absolute atomic E-state index is 13.1. The molecule has 0 aromatic carbocycles. The Balaban J connectivity index is 1.36. The van der Waals surface area contributed by atoms with Gasteiger partial charge in [-0.3, -0.25) is 14.5 Å². The molecular weight excluding hydrogens is 372 g/mol. The summed E-state index contributed by atoms with van der Waals surface area (Å²) in [4.78, 5) is 45.1. The fourth-order valence-electron chi connectivity index (χ4n) is 4.94. The molecule has 5 heterocycles. The molecular formula is C20H24N6O3. The Labute approximate surface area is 168 Å². The molecule has 0 aliphatic carbocycles. The molecule has 0 saturated carbocycles. The van der Waals surface area contributed by atoms with Crippen LogP contribution >= 0.6 is 0 Å². The van der Waals surface area contributed by atoms with Crippen LogP contribution in [0.2, 0.25) is 0 Å². The van der Waals surface area contributed by atoms with E-state index in [0.717, 1.165) is 46.8 Å². The van der Waals surface area contributed by atoms with E-state index in [-0.39, 0.29) is 36.9 Å². The monoisotopic (exact) mass is 396 g/mol. The number of aromatic nitrogens is 3. The van der Waals surface area contributed by atoms with Crippen molar-refractivity contribution in [2.24, 2.45) is 0 Å². The third-order valence-electron chi connectivity index (χ3n) is 6.31. The normalized spacial score (nSPS) is 24.9. The van der Waals surface area contributed by atoms with Gasteiger partial charge in [-0.1, -0.05) is 0 Å². The van der Waals surface area contributed by atoms with E-state index in [9.17, 15) is 14.4 Å². The van der Waals surface area contributed by atoms with E-state index in [1.165, 1.54) is 0 Å². The summed E-state index contributed by atoms with van der Waals surface area (Å²) >= 11 is 0. The van der Waals surface area contributed by atoms with Crippen LogP contribution in [0.15, 0.2) is 12.3 Å². The van der Waals surface area contributed by atoms with Gasteiger partial charge in [-0.15, -0.1) is 0 Å². The molecule has 5 rings (SSSR count). The highest BCUT2D eigenvalue weighted by Gasteiger charge is 2.46. The first-order valence-corrected chi connectivity index (χ1v) is 10.1. The minimum absolute atomic E-state index is 0.0165. The van der Waals surface area contributed by atoms with Gasteiger partial charge in [0, 0.05) is 43.3 Å². The quantitative estimate of drug-likeness (QED) is 0.790. The van der Waals surface area contributed by atoms with E-state index in [2.05, 4.69) is 15.4 Å². The van der Waals surface area contributed by atoms with Crippen LogP contribution in [0.3, 0.4) is 0 Å². The highest BCUT2D eigenvalue weighted by Crippen LogP contribution is 2.43. The maximum Gasteiger partial charge on any atom is 0.325 e. The highest BCUT2D eigenvalue weighted by atomic mass is 16.2. The van der Waals surface area contributed by atoms with Crippen molar-refractivity contribution in [1.82, 2.24) is 29.7 Å². The highest BCUT2D eigenvalue weighted by molar-refractivity contribution is 6.06. The number of aryl methyl sites for hydroxylation is 1. The summed E-state index contributed by atoms with van der Waals surface area (Å²) in [6.07, 6.45) is 4.58. The van der Waals surface area contributed by atoms with Gasteiger partial charge in [-0.05, 0) is 33.6 Å². The number of rotatable bonds is 3. The second kappa shape index (κ2) is 6.01. The Morgan fingerprint density at radius 2 is 2.10 bits per heavy atom. The van der Waals surface area contributed by atoms with Crippen molar-refractivity contribution in [3.8, 4) is 0 Å². The standard InChI is InChI=1S/C20H24N6O3/c1-11-8-16-21-10-13-14-5-4-12(9-15(13)26(16)23-11)25(14)17(27)6-7-24-18(28)20(2,3)22-19(24)29/h8,10,12,14H,4-7,9H2,1-3H3,(H,22,29). The smallest absolute Gasteiger partial charge is 0.325 e. The molecule has 4 amide bonds. The van der Waals surface area contributed by atoms with Crippen LogP contribution in [-0.4, -0.2) is 60.4 Å². The summed E-state index contributed by atoms with van der Waals surface area (Å²) in [7, 11) is 0. The van der Waals surface area contributed by atoms with Crippen molar-refractivity contribution >= 4 is 23.5 Å². The maximum atomic E-state index is 13.1. The van der Waals surface area contributed by atoms with Crippen LogP contribution < -0.4 is 5.32 Å². The van der Waals surface area contributed by atoms with Gasteiger partial charge in [0.15, 0.2) is 5.65 Å². The third kappa shape index (κ3) is 2.63. The molecule has 1 N–H and O–H groups in total. The lowest BCUT2D eigenvalue weighted by molar-refractivity contribution is -0.136. The van der Waals surface area contributed by atoms with Crippen LogP contribution in [0.5, 0.6) is 0 Å². The lowest BCUT2D eigenvalue weighted by atomic mass is 9.98. The van der Waals surface area contributed by atoms with Gasteiger partial charge < -0.3 is 10.2 Å². The largest absolute Gasteiger partial charge is 0.332 e. The number of amides is 4. The van der Waals surface area contributed by atoms with Crippen LogP contribution in [0.25, 0.3) is 5.65 Å². The minimum Gasteiger partial charge on any atom is -0.332 e. The number of nitrogens with zero attached hydrogens (tertiary/aromatic N) is 5. The van der Waals surface area contributed by atoms with Gasteiger partial charge in [0.2, 0.25) is 5.91 Å². The number of carbonyl (C=O) groups excluding carboxylic acids is 3. The molecule has 2 aromatic heterocycles. The lowest BCUT2D eigenvalue weighted by Gasteiger charge is -2.36. The first kappa shape index (κ1) is 18.1. The summed E-state index contributed by atoms with van der Waals surface area (Å²) in [5, 5.41) is 7.23. The Morgan fingerprint density at radius 1 is 1.31 bits per heavy atom. The Hall–Kier alpha value is -2.97. The number of urea groups is 1. The molecule has 2 atom stereocenters. The van der Waals surface area contributed by atoms with E-state index in [1.807, 2.05) is 28.6 Å². The Bertz CT molecular complexity index is 1060. The van der Waals surface area contributed by atoms with Gasteiger partial charge in [-0.2, -0.15) is 5.10 Å². The topological polar surface area (TPSA) is 99.9 Å². The summed E-state index contributed by atoms with van der Waals surface area (Å²) in [6, 6.07) is 1.63. The fourth-order valence-corrected chi connectivity index (χ4v) is 4.94. The Morgan fingerprint density at radius 3 is 2.83 bits per heavy atom. The first-order valence-electron chi connectivity index (χ1n) is 10.1. The SMILES string of the molecule is Cc1cc2ncc3c(n2n1)CC1CCC3N1C(=O)CCN1C(=O)NC(C)(C)C1=O. The predicted molar refractivity (Wildman–Crippen MR) is 103 cm³/mol. The van der Waals surface area contributed by atoms with Gasteiger partial charge in [0.05, 0.1) is 17.4 Å². The van der Waals surface area contributed by atoms with Crippen LogP contribution in [0.1, 0.15) is 56.1 Å². The number of imide groups is 1. The number of hydrogen-bond acceptors (Lipinski definition) is 5. The molecule has 2 fully saturated rings. The van der Waals surface area contributed by atoms with E-state index in [1.54, 1.807) is 13.8 Å². The molecule has 2 aromatic rings.